The Labute approximate surface area is 105 Å². The third-order valence-corrected chi connectivity index (χ3v) is 3.92. The molecule has 0 spiro atoms. The Morgan fingerprint density at radius 1 is 1.39 bits per heavy atom. The van der Waals surface area contributed by atoms with Gasteiger partial charge >= 0.3 is 0 Å². The van der Waals surface area contributed by atoms with Gasteiger partial charge in [-0.1, -0.05) is 13.0 Å². The normalized spacial score (nSPS) is 23.3. The minimum Gasteiger partial charge on any atom is -0.316 e. The number of ketones is 1. The minimum absolute atomic E-state index is 0.122. The molecule has 4 heteroatoms. The smallest absolute Gasteiger partial charge is 0.173 e. The van der Waals surface area contributed by atoms with E-state index in [-0.39, 0.29) is 16.9 Å². The number of halogens is 2. The van der Waals surface area contributed by atoms with Crippen molar-refractivity contribution in [2.75, 3.05) is 13.1 Å². The van der Waals surface area contributed by atoms with Crippen molar-refractivity contribution in [2.45, 2.75) is 26.7 Å². The zero-order valence-corrected chi connectivity index (χ0v) is 10.6. The summed E-state index contributed by atoms with van der Waals surface area (Å²) < 4.78 is 27.4. The first kappa shape index (κ1) is 13.1. The van der Waals surface area contributed by atoms with Crippen LogP contribution in [0.15, 0.2) is 12.1 Å². The summed E-state index contributed by atoms with van der Waals surface area (Å²) in [5.41, 5.74) is -0.481. The predicted octanol–water partition coefficient (Wildman–Crippen LogP) is 2.85. The van der Waals surface area contributed by atoms with Gasteiger partial charge < -0.3 is 5.32 Å². The van der Waals surface area contributed by atoms with E-state index in [1.165, 1.54) is 19.1 Å². The van der Waals surface area contributed by atoms with Crippen LogP contribution in [0.4, 0.5) is 8.78 Å². The highest BCUT2D eigenvalue weighted by atomic mass is 19.2. The van der Waals surface area contributed by atoms with Gasteiger partial charge in [0.1, 0.15) is 0 Å². The molecule has 1 saturated heterocycles. The van der Waals surface area contributed by atoms with Gasteiger partial charge in [-0.3, -0.25) is 4.79 Å². The van der Waals surface area contributed by atoms with E-state index in [9.17, 15) is 13.6 Å². The molecule has 98 valence electrons. The zero-order chi connectivity index (χ0) is 13.3. The molecular weight excluding hydrogens is 236 g/mol. The van der Waals surface area contributed by atoms with E-state index in [0.717, 1.165) is 6.54 Å². The number of rotatable bonds is 3. The molecule has 0 aliphatic carbocycles. The lowest BCUT2D eigenvalue weighted by molar-refractivity contribution is 0.0805. The lowest BCUT2D eigenvalue weighted by Gasteiger charge is -2.25. The maximum absolute atomic E-state index is 13.9. The summed E-state index contributed by atoms with van der Waals surface area (Å²) in [6.07, 6.45) is 1.31. The second-order valence-corrected chi connectivity index (χ2v) is 4.95. The molecule has 18 heavy (non-hydrogen) atoms. The van der Waals surface area contributed by atoms with Gasteiger partial charge in [-0.15, -0.1) is 0 Å². The fraction of sp³-hybridized carbons (Fsp3) is 0.500. The number of hydrogen-bond donors (Lipinski definition) is 1. The van der Waals surface area contributed by atoms with E-state index in [1.54, 1.807) is 0 Å². The van der Waals surface area contributed by atoms with Crippen LogP contribution in [0.5, 0.6) is 0 Å². The van der Waals surface area contributed by atoms with Crippen LogP contribution in [0.2, 0.25) is 0 Å². The van der Waals surface area contributed by atoms with Crippen LogP contribution >= 0.6 is 0 Å². The molecule has 1 aromatic rings. The summed E-state index contributed by atoms with van der Waals surface area (Å²) in [5.74, 6) is -2.22. The first-order valence-electron chi connectivity index (χ1n) is 6.22. The average molecular weight is 253 g/mol. The maximum atomic E-state index is 13.9. The number of carbonyl (C=O) groups excluding carboxylic acids is 1. The molecule has 1 atom stereocenters. The molecule has 2 rings (SSSR count). The van der Waals surface area contributed by atoms with Gasteiger partial charge in [0, 0.05) is 12.0 Å². The summed E-state index contributed by atoms with van der Waals surface area (Å²) in [5, 5.41) is 3.12. The quantitative estimate of drug-likeness (QED) is 0.839. The Bertz CT molecular complexity index is 479. The number of benzene rings is 1. The van der Waals surface area contributed by atoms with E-state index < -0.39 is 17.0 Å². The number of nitrogens with one attached hydrogen (secondary N) is 1. The highest BCUT2D eigenvalue weighted by Crippen LogP contribution is 2.34. The van der Waals surface area contributed by atoms with Gasteiger partial charge in [0.15, 0.2) is 17.4 Å². The van der Waals surface area contributed by atoms with Crippen molar-refractivity contribution in [3.8, 4) is 0 Å². The van der Waals surface area contributed by atoms with Crippen molar-refractivity contribution in [1.82, 2.24) is 5.32 Å². The van der Waals surface area contributed by atoms with Crippen LogP contribution in [0.3, 0.4) is 0 Å². The third-order valence-electron chi connectivity index (χ3n) is 3.92. The monoisotopic (exact) mass is 253 g/mol. The van der Waals surface area contributed by atoms with Crippen molar-refractivity contribution in [3.05, 3.63) is 34.9 Å². The minimum atomic E-state index is -1.01. The highest BCUT2D eigenvalue weighted by molar-refractivity contribution is 6.01. The number of aryl methyl sites for hydroxylation is 1. The fourth-order valence-corrected chi connectivity index (χ4v) is 2.51. The maximum Gasteiger partial charge on any atom is 0.173 e. The van der Waals surface area contributed by atoms with Crippen LogP contribution in [-0.4, -0.2) is 18.9 Å². The fourth-order valence-electron chi connectivity index (χ4n) is 2.51. The van der Waals surface area contributed by atoms with Gasteiger partial charge in [0.25, 0.3) is 0 Å². The number of hydrogen-bond acceptors (Lipinski definition) is 2. The van der Waals surface area contributed by atoms with E-state index in [2.05, 4.69) is 5.32 Å². The third kappa shape index (κ3) is 1.94. The molecule has 1 aromatic carbocycles. The summed E-state index contributed by atoms with van der Waals surface area (Å²) in [7, 11) is 0. The van der Waals surface area contributed by atoms with Crippen LogP contribution < -0.4 is 5.32 Å². The van der Waals surface area contributed by atoms with Gasteiger partial charge in [0.05, 0.1) is 5.56 Å². The van der Waals surface area contributed by atoms with Crippen LogP contribution in [0.25, 0.3) is 0 Å². The van der Waals surface area contributed by atoms with Gasteiger partial charge in [0.2, 0.25) is 0 Å². The first-order chi connectivity index (χ1) is 8.52. The molecule has 0 amide bonds. The second-order valence-electron chi connectivity index (χ2n) is 4.95. The predicted molar refractivity (Wildman–Crippen MR) is 65.6 cm³/mol. The number of Topliss-reactive ketones (excluding diaryl/α,β-unsaturated/α-hetero) is 1. The molecule has 0 aromatic heterocycles. The highest BCUT2D eigenvalue weighted by Gasteiger charge is 2.41. The summed E-state index contributed by atoms with van der Waals surface area (Å²) in [4.78, 5) is 12.4. The average Bonchev–Trinajstić information content (AvgIpc) is 2.85. The van der Waals surface area contributed by atoms with Crippen molar-refractivity contribution in [2.24, 2.45) is 5.41 Å². The summed E-state index contributed by atoms with van der Waals surface area (Å²) >= 11 is 0. The summed E-state index contributed by atoms with van der Waals surface area (Å²) in [6, 6.07) is 2.85. The molecule has 1 aliphatic heterocycles. The van der Waals surface area contributed by atoms with Crippen LogP contribution in [0.1, 0.15) is 35.7 Å². The SMILES string of the molecule is CCC1(C(=O)c2ccc(C)c(F)c2F)CCNC1. The molecule has 1 fully saturated rings. The molecular formula is C14H17F2NO. The van der Waals surface area contributed by atoms with Crippen molar-refractivity contribution in [3.63, 3.8) is 0 Å². The van der Waals surface area contributed by atoms with Gasteiger partial charge in [-0.05, 0) is 37.9 Å². The Morgan fingerprint density at radius 2 is 2.11 bits per heavy atom. The molecule has 0 saturated carbocycles. The Kier molecular flexibility index (Phi) is 3.48. The Balaban J connectivity index is 2.43. The first-order valence-corrected chi connectivity index (χ1v) is 6.22. The van der Waals surface area contributed by atoms with E-state index in [0.29, 0.717) is 19.4 Å². The van der Waals surface area contributed by atoms with Crippen molar-refractivity contribution < 1.29 is 13.6 Å². The Hall–Kier alpha value is -1.29. The standard InChI is InChI=1S/C14H17F2NO/c1-3-14(6-7-17-8-14)13(18)10-5-4-9(2)11(15)12(10)16/h4-5,17H,3,6-8H2,1-2H3. The molecule has 0 bridgehead atoms. The number of carbonyl (C=O) groups is 1. The van der Waals surface area contributed by atoms with E-state index >= 15 is 0 Å². The van der Waals surface area contributed by atoms with Crippen molar-refractivity contribution >= 4 is 5.78 Å². The largest absolute Gasteiger partial charge is 0.316 e. The molecule has 1 unspecified atom stereocenters. The molecule has 1 aliphatic rings. The van der Waals surface area contributed by atoms with E-state index in [4.69, 9.17) is 0 Å². The topological polar surface area (TPSA) is 29.1 Å². The Morgan fingerprint density at radius 3 is 2.67 bits per heavy atom. The van der Waals surface area contributed by atoms with Crippen LogP contribution in [0, 0.1) is 24.0 Å². The lowest BCUT2D eigenvalue weighted by atomic mass is 9.77. The molecule has 0 radical (unpaired) electrons. The van der Waals surface area contributed by atoms with Gasteiger partial charge in [-0.25, -0.2) is 8.78 Å². The lowest BCUT2D eigenvalue weighted by Crippen LogP contribution is -2.33. The van der Waals surface area contributed by atoms with Gasteiger partial charge in [-0.2, -0.15) is 0 Å². The molecule has 1 N–H and O–H groups in total. The van der Waals surface area contributed by atoms with E-state index in [1.807, 2.05) is 6.92 Å². The zero-order valence-electron chi connectivity index (χ0n) is 10.6. The summed E-state index contributed by atoms with van der Waals surface area (Å²) in [6.45, 7) is 4.68. The molecule has 1 heterocycles. The van der Waals surface area contributed by atoms with Crippen molar-refractivity contribution in [1.29, 1.82) is 0 Å². The van der Waals surface area contributed by atoms with Crippen LogP contribution in [-0.2, 0) is 0 Å². The molecule has 2 nitrogen and oxygen atoms in total. The second kappa shape index (κ2) is 4.76.